The number of nitrogens with zero attached hydrogens (tertiary/aromatic N) is 1. The molecule has 3 rings (SSSR count). The summed E-state index contributed by atoms with van der Waals surface area (Å²) >= 11 is 0. The Labute approximate surface area is 129 Å². The minimum atomic E-state index is 0.730. The maximum atomic E-state index is 3.77. The maximum Gasteiger partial charge on any atom is 0.0366 e. The summed E-state index contributed by atoms with van der Waals surface area (Å²) in [5, 5.41) is 3.77. The first kappa shape index (κ1) is 14.9. The lowest BCUT2D eigenvalue weighted by atomic mass is 10.0. The Hall–Kier alpha value is -1.02. The molecule has 1 aromatic carbocycles. The summed E-state index contributed by atoms with van der Waals surface area (Å²) in [5.74, 6) is 0.927. The highest BCUT2D eigenvalue weighted by Crippen LogP contribution is 2.23. The Morgan fingerprint density at radius 2 is 1.71 bits per heavy atom. The van der Waals surface area contributed by atoms with E-state index in [0.29, 0.717) is 0 Å². The van der Waals surface area contributed by atoms with Gasteiger partial charge in [-0.1, -0.05) is 31.9 Å². The molecule has 1 aliphatic carbocycles. The molecule has 2 fully saturated rings. The van der Waals surface area contributed by atoms with E-state index in [1.54, 1.807) is 0 Å². The fourth-order valence-electron chi connectivity index (χ4n) is 3.75. The molecule has 0 radical (unpaired) electrons. The van der Waals surface area contributed by atoms with Crippen LogP contribution in [-0.4, -0.2) is 19.1 Å². The third-order valence-corrected chi connectivity index (χ3v) is 5.26. The average Bonchev–Trinajstić information content (AvgIpc) is 2.96. The van der Waals surface area contributed by atoms with E-state index < -0.39 is 0 Å². The van der Waals surface area contributed by atoms with Gasteiger partial charge < -0.3 is 10.2 Å². The van der Waals surface area contributed by atoms with Gasteiger partial charge in [0, 0.05) is 31.4 Å². The second-order valence-corrected chi connectivity index (χ2v) is 7.05. The Kier molecular flexibility index (Phi) is 5.18. The summed E-state index contributed by atoms with van der Waals surface area (Å²) in [6.07, 6.45) is 9.62. The molecule has 1 aliphatic heterocycles. The first-order chi connectivity index (χ1) is 10.3. The highest BCUT2D eigenvalue weighted by Gasteiger charge is 2.16. The molecule has 2 unspecified atom stereocenters. The van der Waals surface area contributed by atoms with Gasteiger partial charge >= 0.3 is 0 Å². The molecule has 1 heterocycles. The van der Waals surface area contributed by atoms with Gasteiger partial charge in [-0.05, 0) is 55.7 Å². The Morgan fingerprint density at radius 3 is 2.48 bits per heavy atom. The zero-order valence-electron chi connectivity index (χ0n) is 13.5. The molecule has 2 heteroatoms. The zero-order valence-corrected chi connectivity index (χ0v) is 13.5. The van der Waals surface area contributed by atoms with E-state index in [1.165, 1.54) is 69.3 Å². The van der Waals surface area contributed by atoms with Crippen LogP contribution in [-0.2, 0) is 6.54 Å². The number of anilines is 1. The lowest BCUT2D eigenvalue weighted by Gasteiger charge is -2.19. The lowest BCUT2D eigenvalue weighted by Crippen LogP contribution is -2.28. The monoisotopic (exact) mass is 286 g/mol. The highest BCUT2D eigenvalue weighted by molar-refractivity contribution is 5.48. The van der Waals surface area contributed by atoms with Gasteiger partial charge in [-0.2, -0.15) is 0 Å². The van der Waals surface area contributed by atoms with Crippen LogP contribution in [0.15, 0.2) is 24.3 Å². The number of hydrogen-bond donors (Lipinski definition) is 1. The SMILES string of the molecule is CC1CCCC(NCc2ccc(N3CCCC3)cc2)CC1. The van der Waals surface area contributed by atoms with Gasteiger partial charge in [0.25, 0.3) is 0 Å². The van der Waals surface area contributed by atoms with Crippen LogP contribution in [0.5, 0.6) is 0 Å². The van der Waals surface area contributed by atoms with Crippen molar-refractivity contribution in [3.05, 3.63) is 29.8 Å². The third-order valence-electron chi connectivity index (χ3n) is 5.26. The molecule has 0 spiro atoms. The first-order valence-electron chi connectivity index (χ1n) is 8.88. The lowest BCUT2D eigenvalue weighted by molar-refractivity contribution is 0.447. The summed E-state index contributed by atoms with van der Waals surface area (Å²) in [5.41, 5.74) is 2.83. The molecule has 0 amide bonds. The van der Waals surface area contributed by atoms with Crippen LogP contribution in [0.1, 0.15) is 57.4 Å². The van der Waals surface area contributed by atoms with Crippen LogP contribution in [0, 0.1) is 5.92 Å². The van der Waals surface area contributed by atoms with Crippen LogP contribution >= 0.6 is 0 Å². The summed E-state index contributed by atoms with van der Waals surface area (Å²) < 4.78 is 0. The van der Waals surface area contributed by atoms with Crippen molar-refractivity contribution in [3.8, 4) is 0 Å². The van der Waals surface area contributed by atoms with Crippen LogP contribution in [0.4, 0.5) is 5.69 Å². The molecule has 2 atom stereocenters. The zero-order chi connectivity index (χ0) is 14.5. The predicted octanol–water partition coefficient (Wildman–Crippen LogP) is 4.35. The van der Waals surface area contributed by atoms with Crippen LogP contribution in [0.3, 0.4) is 0 Å². The summed E-state index contributed by atoms with van der Waals surface area (Å²) in [6.45, 7) is 5.90. The van der Waals surface area contributed by atoms with Crippen molar-refractivity contribution in [1.29, 1.82) is 0 Å². The molecule has 0 aromatic heterocycles. The smallest absolute Gasteiger partial charge is 0.0366 e. The Balaban J connectivity index is 1.48. The van der Waals surface area contributed by atoms with E-state index in [-0.39, 0.29) is 0 Å². The minimum absolute atomic E-state index is 0.730. The molecular formula is C19H30N2. The number of benzene rings is 1. The molecule has 2 nitrogen and oxygen atoms in total. The average molecular weight is 286 g/mol. The van der Waals surface area contributed by atoms with Crippen molar-refractivity contribution < 1.29 is 0 Å². The van der Waals surface area contributed by atoms with Crippen molar-refractivity contribution in [2.24, 2.45) is 5.92 Å². The van der Waals surface area contributed by atoms with E-state index in [1.807, 2.05) is 0 Å². The quantitative estimate of drug-likeness (QED) is 0.828. The fourth-order valence-corrected chi connectivity index (χ4v) is 3.75. The second-order valence-electron chi connectivity index (χ2n) is 7.05. The molecule has 1 aromatic rings. The highest BCUT2D eigenvalue weighted by atomic mass is 15.1. The van der Waals surface area contributed by atoms with Gasteiger partial charge in [-0.25, -0.2) is 0 Å². The van der Waals surface area contributed by atoms with E-state index >= 15 is 0 Å². The maximum absolute atomic E-state index is 3.77. The van der Waals surface area contributed by atoms with Crippen molar-refractivity contribution >= 4 is 5.69 Å². The third kappa shape index (κ3) is 4.23. The Morgan fingerprint density at radius 1 is 0.952 bits per heavy atom. The molecule has 116 valence electrons. The van der Waals surface area contributed by atoms with Crippen molar-refractivity contribution in [3.63, 3.8) is 0 Å². The molecule has 0 bridgehead atoms. The number of hydrogen-bond acceptors (Lipinski definition) is 2. The molecule has 1 saturated heterocycles. The predicted molar refractivity (Wildman–Crippen MR) is 90.8 cm³/mol. The van der Waals surface area contributed by atoms with Gasteiger partial charge in [0.05, 0.1) is 0 Å². The van der Waals surface area contributed by atoms with Crippen molar-refractivity contribution in [2.45, 2.75) is 64.5 Å². The van der Waals surface area contributed by atoms with E-state index in [9.17, 15) is 0 Å². The van der Waals surface area contributed by atoms with Gasteiger partial charge in [0.2, 0.25) is 0 Å². The van der Waals surface area contributed by atoms with E-state index in [0.717, 1.165) is 18.5 Å². The normalized spacial score (nSPS) is 26.8. The van der Waals surface area contributed by atoms with Gasteiger partial charge in [0.15, 0.2) is 0 Å². The molecule has 2 aliphatic rings. The molecular weight excluding hydrogens is 256 g/mol. The second kappa shape index (κ2) is 7.31. The molecule has 21 heavy (non-hydrogen) atoms. The topological polar surface area (TPSA) is 15.3 Å². The Bertz CT molecular complexity index is 420. The molecule has 1 N–H and O–H groups in total. The molecule has 1 saturated carbocycles. The first-order valence-corrected chi connectivity index (χ1v) is 8.88. The summed E-state index contributed by atoms with van der Waals surface area (Å²) in [4.78, 5) is 2.50. The van der Waals surface area contributed by atoms with E-state index in [2.05, 4.69) is 41.4 Å². The van der Waals surface area contributed by atoms with Gasteiger partial charge in [0.1, 0.15) is 0 Å². The summed E-state index contributed by atoms with van der Waals surface area (Å²) in [6, 6.07) is 9.95. The van der Waals surface area contributed by atoms with Crippen LogP contribution < -0.4 is 10.2 Å². The van der Waals surface area contributed by atoms with Gasteiger partial charge in [-0.15, -0.1) is 0 Å². The fraction of sp³-hybridized carbons (Fsp3) is 0.684. The largest absolute Gasteiger partial charge is 0.372 e. The summed E-state index contributed by atoms with van der Waals surface area (Å²) in [7, 11) is 0. The van der Waals surface area contributed by atoms with Crippen molar-refractivity contribution in [1.82, 2.24) is 5.32 Å². The van der Waals surface area contributed by atoms with Gasteiger partial charge in [-0.3, -0.25) is 0 Å². The number of rotatable bonds is 4. The van der Waals surface area contributed by atoms with Crippen LogP contribution in [0.2, 0.25) is 0 Å². The minimum Gasteiger partial charge on any atom is -0.372 e. The van der Waals surface area contributed by atoms with E-state index in [4.69, 9.17) is 0 Å². The van der Waals surface area contributed by atoms with Crippen molar-refractivity contribution in [2.75, 3.05) is 18.0 Å². The number of nitrogens with one attached hydrogen (secondary N) is 1. The standard InChI is InChI=1S/C19H30N2/c1-16-5-4-6-18(10-7-16)20-15-17-8-11-19(12-9-17)21-13-2-3-14-21/h8-9,11-12,16,18,20H,2-7,10,13-15H2,1H3. The van der Waals surface area contributed by atoms with Crippen LogP contribution in [0.25, 0.3) is 0 Å².